The maximum Gasteiger partial charge on any atom is 0.453 e. The molecule has 286 valence electrons. The van der Waals surface area contributed by atoms with Crippen molar-refractivity contribution in [2.24, 2.45) is 0 Å². The van der Waals surface area contributed by atoms with Crippen LogP contribution in [0.2, 0.25) is 0 Å². The first-order valence-electron chi connectivity index (χ1n) is 19.2. The van der Waals surface area contributed by atoms with Gasteiger partial charge in [-0.05, 0) is 64.8 Å². The lowest BCUT2D eigenvalue weighted by Crippen LogP contribution is -2.25. The molecular formula is C48H48O6P2. The number of fused-ring (bicyclic) bond motifs is 6. The van der Waals surface area contributed by atoms with Crippen LogP contribution < -0.4 is 9.05 Å². The first kappa shape index (κ1) is 37.6. The second-order valence-electron chi connectivity index (χ2n) is 16.6. The fraction of sp³-hybridized carbons (Fsp3) is 0.250. The van der Waals surface area contributed by atoms with Gasteiger partial charge in [0.15, 0.2) is 0 Å². The minimum Gasteiger partial charge on any atom is -0.390 e. The maximum atomic E-state index is 6.70. The summed E-state index contributed by atoms with van der Waals surface area (Å²) in [4.78, 5) is 0. The van der Waals surface area contributed by atoms with Crippen LogP contribution in [0, 0.1) is 0 Å². The van der Waals surface area contributed by atoms with Crippen molar-refractivity contribution >= 4 is 60.4 Å². The van der Waals surface area contributed by atoms with E-state index in [1.807, 2.05) is 72.8 Å². The zero-order valence-electron chi connectivity index (χ0n) is 33.3. The molecule has 0 radical (unpaired) electrons. The van der Waals surface area contributed by atoms with Crippen molar-refractivity contribution in [2.75, 3.05) is 0 Å². The van der Waals surface area contributed by atoms with Gasteiger partial charge in [-0.1, -0.05) is 152 Å². The second kappa shape index (κ2) is 14.7. The number of hydrogen-bond donors (Lipinski definition) is 0. The van der Waals surface area contributed by atoms with Crippen LogP contribution in [-0.2, 0) is 16.2 Å². The van der Waals surface area contributed by atoms with E-state index in [1.165, 1.54) is 11.1 Å². The van der Waals surface area contributed by atoms with E-state index in [0.29, 0.717) is 0 Å². The number of benzene rings is 6. The maximum absolute atomic E-state index is 6.70. The van der Waals surface area contributed by atoms with Crippen molar-refractivity contribution in [3.8, 4) is 11.5 Å². The smallest absolute Gasteiger partial charge is 0.390 e. The monoisotopic (exact) mass is 782 g/mol. The van der Waals surface area contributed by atoms with E-state index < -0.39 is 16.5 Å². The van der Waals surface area contributed by atoms with Crippen LogP contribution in [0.1, 0.15) is 84.1 Å². The Morgan fingerprint density at radius 3 is 1.02 bits per heavy atom. The second-order valence-corrected chi connectivity index (χ2v) is 18.6. The lowest BCUT2D eigenvalue weighted by molar-refractivity contribution is 0.473. The topological polar surface area (TPSA) is 71.0 Å². The van der Waals surface area contributed by atoms with Gasteiger partial charge >= 0.3 is 16.5 Å². The highest BCUT2D eigenvalue weighted by Crippen LogP contribution is 2.47. The van der Waals surface area contributed by atoms with Crippen molar-refractivity contribution in [2.45, 2.75) is 78.1 Å². The van der Waals surface area contributed by atoms with E-state index in [1.54, 1.807) is 0 Å². The highest BCUT2D eigenvalue weighted by molar-refractivity contribution is 7.32. The van der Waals surface area contributed by atoms with Crippen molar-refractivity contribution in [3.05, 3.63) is 156 Å². The molecule has 8 rings (SSSR count). The Bertz CT molecular complexity index is 2500. The fourth-order valence-electron chi connectivity index (χ4n) is 7.32. The Labute approximate surface area is 330 Å². The van der Waals surface area contributed by atoms with Crippen molar-refractivity contribution in [1.29, 1.82) is 0 Å². The van der Waals surface area contributed by atoms with Crippen molar-refractivity contribution < 1.29 is 25.8 Å². The quantitative estimate of drug-likeness (QED) is 0.160. The molecule has 0 unspecified atom stereocenters. The Balaban J connectivity index is 1.20. The van der Waals surface area contributed by atoms with Gasteiger partial charge in [0.2, 0.25) is 0 Å². The molecule has 0 saturated carbocycles. The Hall–Kier alpha value is -5.28. The molecule has 0 N–H and O–H groups in total. The number of para-hydroxylation sites is 4. The van der Waals surface area contributed by atoms with Gasteiger partial charge in [-0.15, -0.1) is 0 Å². The Morgan fingerprint density at radius 1 is 0.429 bits per heavy atom. The van der Waals surface area contributed by atoms with Crippen LogP contribution in [0.3, 0.4) is 0 Å². The van der Waals surface area contributed by atoms with E-state index in [4.69, 9.17) is 25.8 Å². The van der Waals surface area contributed by atoms with E-state index >= 15 is 0 Å². The standard InChI is InChI=1S/C48H48O6P2/c1-9-48(8,32-26-28-44(38(30-32)46(2,3)4)53-55-49-40-22-14-10-18-34(40)35-19-11-15-23-41(35)50-55)33-27-29-45(39(31-33)47(5,6)7)54-56-51-42-24-16-12-20-36(42)37-21-13-17-25-43(37)52-56/h10-31H,9H2,1-8H3. The minimum atomic E-state index is -1.79. The highest BCUT2D eigenvalue weighted by atomic mass is 31.1. The third kappa shape index (κ3) is 7.25. The van der Waals surface area contributed by atoms with Gasteiger partial charge in [-0.3, -0.25) is 0 Å². The predicted octanol–water partition coefficient (Wildman–Crippen LogP) is 15.9. The summed E-state index contributed by atoms with van der Waals surface area (Å²) in [6, 6.07) is 45.2. The number of rotatable bonds is 7. The summed E-state index contributed by atoms with van der Waals surface area (Å²) in [5.41, 5.74) is 6.74. The van der Waals surface area contributed by atoms with E-state index in [2.05, 4.69) is 116 Å². The predicted molar refractivity (Wildman–Crippen MR) is 232 cm³/mol. The minimum absolute atomic E-state index is 0.233. The third-order valence-corrected chi connectivity index (χ3v) is 12.8. The van der Waals surface area contributed by atoms with E-state index in [0.717, 1.165) is 72.9 Å². The molecule has 0 atom stereocenters. The molecule has 8 heteroatoms. The van der Waals surface area contributed by atoms with Crippen LogP contribution in [0.5, 0.6) is 11.5 Å². The van der Waals surface area contributed by atoms with Crippen molar-refractivity contribution in [1.82, 2.24) is 0 Å². The summed E-state index contributed by atoms with van der Waals surface area (Å²) in [7, 11) is -3.58. The molecule has 0 aliphatic carbocycles. The lowest BCUT2D eigenvalue weighted by Gasteiger charge is -2.34. The lowest BCUT2D eigenvalue weighted by atomic mass is 9.71. The third-order valence-electron chi connectivity index (χ3n) is 10.7. The zero-order chi connectivity index (χ0) is 39.2. The summed E-state index contributed by atoms with van der Waals surface area (Å²) in [5.74, 6) is 1.49. The zero-order valence-corrected chi connectivity index (χ0v) is 35.0. The van der Waals surface area contributed by atoms with E-state index in [9.17, 15) is 0 Å². The first-order valence-corrected chi connectivity index (χ1v) is 21.4. The Morgan fingerprint density at radius 2 is 0.732 bits per heavy atom. The van der Waals surface area contributed by atoms with Crippen molar-refractivity contribution in [3.63, 3.8) is 0 Å². The molecule has 0 aliphatic rings. The molecular weight excluding hydrogens is 734 g/mol. The summed E-state index contributed by atoms with van der Waals surface area (Å²) < 4.78 is 39.2. The average Bonchev–Trinajstić information content (AvgIpc) is 3.44. The molecule has 0 bridgehead atoms. The van der Waals surface area contributed by atoms with Gasteiger partial charge in [-0.25, -0.2) is 0 Å². The van der Waals surface area contributed by atoms with Crippen LogP contribution >= 0.6 is 16.5 Å². The molecule has 2 aromatic heterocycles. The molecule has 2 heterocycles. The van der Waals surface area contributed by atoms with Crippen LogP contribution in [0.25, 0.3) is 43.9 Å². The molecule has 0 aliphatic heterocycles. The SMILES string of the molecule is CCC(C)(c1ccc(Op2oc3ccccc3c3ccccc3o2)c(C(C)(C)C)c1)c1ccc(Op2oc3ccccc3c3ccccc3o2)c(C(C)(C)C)c1. The Kier molecular flexibility index (Phi) is 9.85. The van der Waals surface area contributed by atoms with Gasteiger partial charge in [0.1, 0.15) is 33.8 Å². The highest BCUT2D eigenvalue weighted by Gasteiger charge is 2.33. The molecule has 8 aromatic rings. The van der Waals surface area contributed by atoms with Gasteiger partial charge in [-0.2, -0.15) is 0 Å². The molecule has 0 saturated heterocycles. The molecule has 56 heavy (non-hydrogen) atoms. The molecule has 0 fully saturated rings. The molecule has 6 aromatic carbocycles. The summed E-state index contributed by atoms with van der Waals surface area (Å²) in [6.45, 7) is 17.9. The number of hydrogen-bond acceptors (Lipinski definition) is 6. The fourth-order valence-corrected chi connectivity index (χ4v) is 9.46. The summed E-state index contributed by atoms with van der Waals surface area (Å²) in [5, 5.41) is 3.94. The average molecular weight is 783 g/mol. The summed E-state index contributed by atoms with van der Waals surface area (Å²) in [6.07, 6.45) is 0.875. The van der Waals surface area contributed by atoms with Gasteiger partial charge in [0.05, 0.1) is 0 Å². The molecule has 0 amide bonds. The van der Waals surface area contributed by atoms with Gasteiger partial charge < -0.3 is 25.8 Å². The molecule has 6 nitrogen and oxygen atoms in total. The molecule has 0 spiro atoms. The van der Waals surface area contributed by atoms with Gasteiger partial charge in [0.25, 0.3) is 0 Å². The first-order chi connectivity index (χ1) is 26.8. The largest absolute Gasteiger partial charge is 0.453 e. The van der Waals surface area contributed by atoms with Crippen LogP contribution in [-0.4, -0.2) is 0 Å². The van der Waals surface area contributed by atoms with E-state index in [-0.39, 0.29) is 16.2 Å². The van der Waals surface area contributed by atoms with Crippen LogP contribution in [0.15, 0.2) is 150 Å². The van der Waals surface area contributed by atoms with Crippen LogP contribution in [0.4, 0.5) is 0 Å². The summed E-state index contributed by atoms with van der Waals surface area (Å²) >= 11 is 0. The normalized spacial score (nSPS) is 12.4. The van der Waals surface area contributed by atoms with Gasteiger partial charge in [0, 0.05) is 38.1 Å².